The molecule has 0 aliphatic carbocycles. The zero-order valence-corrected chi connectivity index (χ0v) is 14.1. The number of hydrogen-bond donors (Lipinski definition) is 1. The number of anilines is 1. The van der Waals surface area contributed by atoms with E-state index in [1.54, 1.807) is 45.0 Å². The molecule has 6 nitrogen and oxygen atoms in total. The van der Waals surface area contributed by atoms with Gasteiger partial charge < -0.3 is 5.32 Å². The van der Waals surface area contributed by atoms with Crippen molar-refractivity contribution < 1.29 is 13.2 Å². The van der Waals surface area contributed by atoms with Crippen LogP contribution in [0.3, 0.4) is 0 Å². The van der Waals surface area contributed by atoms with Crippen molar-refractivity contribution in [3.05, 3.63) is 29.8 Å². The van der Waals surface area contributed by atoms with Crippen LogP contribution in [-0.2, 0) is 14.8 Å². The van der Waals surface area contributed by atoms with E-state index in [0.717, 1.165) is 6.26 Å². The largest absolute Gasteiger partial charge is 0.354 e. The lowest BCUT2D eigenvalue weighted by Gasteiger charge is -2.24. The van der Waals surface area contributed by atoms with E-state index in [2.05, 4.69) is 5.32 Å². The van der Waals surface area contributed by atoms with E-state index >= 15 is 0 Å². The summed E-state index contributed by atoms with van der Waals surface area (Å²) in [5.74, 6) is -0.138. The van der Waals surface area contributed by atoms with Gasteiger partial charge in [-0.15, -0.1) is 0 Å². The molecule has 0 spiro atoms. The summed E-state index contributed by atoms with van der Waals surface area (Å²) >= 11 is 0. The van der Waals surface area contributed by atoms with Crippen LogP contribution in [0.2, 0.25) is 0 Å². The van der Waals surface area contributed by atoms with Crippen LogP contribution in [0.4, 0.5) is 5.69 Å². The van der Waals surface area contributed by atoms with E-state index in [-0.39, 0.29) is 19.0 Å². The Hall–Kier alpha value is -2.07. The Balaban J connectivity index is 2.83. The van der Waals surface area contributed by atoms with Gasteiger partial charge in [-0.25, -0.2) is 8.42 Å². The predicted octanol–water partition coefficient (Wildman–Crippen LogP) is 1.49. The van der Waals surface area contributed by atoms with Gasteiger partial charge in [-0.2, -0.15) is 5.26 Å². The molecule has 0 aromatic heterocycles. The average Bonchev–Trinajstić information content (AvgIpc) is 2.41. The fourth-order valence-electron chi connectivity index (χ4n) is 1.72. The third kappa shape index (κ3) is 5.04. The number of nitriles is 1. The van der Waals surface area contributed by atoms with Crippen LogP contribution in [0.15, 0.2) is 24.3 Å². The second-order valence-electron chi connectivity index (χ2n) is 6.00. The summed E-state index contributed by atoms with van der Waals surface area (Å²) < 4.78 is 25.0. The first kappa shape index (κ1) is 18.0. The summed E-state index contributed by atoms with van der Waals surface area (Å²) in [6.45, 7) is 5.71. The molecule has 1 aromatic carbocycles. The molecule has 1 amide bonds. The zero-order valence-electron chi connectivity index (χ0n) is 13.3. The highest BCUT2D eigenvalue weighted by atomic mass is 32.2. The molecule has 0 heterocycles. The molecule has 7 heteroatoms. The summed E-state index contributed by atoms with van der Waals surface area (Å²) in [6, 6.07) is 8.24. The second-order valence-corrected chi connectivity index (χ2v) is 7.91. The number of rotatable bonds is 5. The molecule has 22 heavy (non-hydrogen) atoms. The number of carbonyl (C=O) groups is 1. The Morgan fingerprint density at radius 1 is 1.27 bits per heavy atom. The van der Waals surface area contributed by atoms with Gasteiger partial charge in [0.2, 0.25) is 15.9 Å². The van der Waals surface area contributed by atoms with E-state index in [1.807, 2.05) is 6.07 Å². The Kier molecular flexibility index (Phi) is 5.55. The highest BCUT2D eigenvalue weighted by Crippen LogP contribution is 2.18. The molecule has 120 valence electrons. The molecule has 1 N–H and O–H groups in total. The maximum Gasteiger partial charge on any atom is 0.232 e. The number of hydrogen-bond acceptors (Lipinski definition) is 4. The third-order valence-electron chi connectivity index (χ3n) is 2.97. The molecule has 0 aliphatic heterocycles. The minimum atomic E-state index is -3.47. The van der Waals surface area contributed by atoms with Crippen LogP contribution in [0.25, 0.3) is 0 Å². The Morgan fingerprint density at radius 3 is 2.23 bits per heavy atom. The molecule has 0 radical (unpaired) electrons. The average molecular weight is 323 g/mol. The van der Waals surface area contributed by atoms with Gasteiger partial charge in [-0.1, -0.05) is 20.8 Å². The van der Waals surface area contributed by atoms with Gasteiger partial charge in [0.25, 0.3) is 0 Å². The summed E-state index contributed by atoms with van der Waals surface area (Å²) in [5.41, 5.74) is 0.398. The van der Waals surface area contributed by atoms with E-state index in [0.29, 0.717) is 11.3 Å². The molecular formula is C15H21N3O3S. The first-order chi connectivity index (χ1) is 10.1. The number of nitrogens with one attached hydrogen (secondary N) is 1. The molecule has 0 bridgehead atoms. The van der Waals surface area contributed by atoms with Crippen molar-refractivity contribution in [2.75, 3.05) is 23.7 Å². The first-order valence-corrected chi connectivity index (χ1v) is 8.66. The van der Waals surface area contributed by atoms with Gasteiger partial charge in [-0.05, 0) is 24.3 Å². The molecule has 0 fully saturated rings. The SMILES string of the molecule is CC(C)(C)C(=O)NCCN(c1ccc(C#N)cc1)S(C)(=O)=O. The van der Waals surface area contributed by atoms with Gasteiger partial charge in [0.15, 0.2) is 0 Å². The standard InChI is InChI=1S/C15H21N3O3S/c1-15(2,3)14(19)17-9-10-18(22(4,20)21)13-7-5-12(11-16)6-8-13/h5-8H,9-10H2,1-4H3,(H,17,19). The van der Waals surface area contributed by atoms with Crippen LogP contribution in [0.5, 0.6) is 0 Å². The Labute approximate surface area is 131 Å². The van der Waals surface area contributed by atoms with Gasteiger partial charge in [0.05, 0.1) is 30.1 Å². The Bertz CT molecular complexity index is 667. The van der Waals surface area contributed by atoms with Gasteiger partial charge in [-0.3, -0.25) is 9.10 Å². The van der Waals surface area contributed by atoms with Gasteiger partial charge in [0, 0.05) is 12.0 Å². The molecule has 0 saturated heterocycles. The summed E-state index contributed by atoms with van der Waals surface area (Å²) in [6.07, 6.45) is 1.11. The fraction of sp³-hybridized carbons (Fsp3) is 0.467. The second kappa shape index (κ2) is 6.79. The van der Waals surface area contributed by atoms with E-state index in [1.165, 1.54) is 4.31 Å². The molecule has 0 saturated carbocycles. The van der Waals surface area contributed by atoms with Crippen molar-refractivity contribution in [2.24, 2.45) is 5.41 Å². The van der Waals surface area contributed by atoms with E-state index in [9.17, 15) is 13.2 Å². The number of benzene rings is 1. The lowest BCUT2D eigenvalue weighted by Crippen LogP contribution is -2.41. The lowest BCUT2D eigenvalue weighted by atomic mass is 9.96. The Morgan fingerprint density at radius 2 is 1.82 bits per heavy atom. The normalized spacial score (nSPS) is 11.6. The van der Waals surface area contributed by atoms with Crippen LogP contribution in [0.1, 0.15) is 26.3 Å². The summed E-state index contributed by atoms with van der Waals surface area (Å²) in [7, 11) is -3.47. The van der Waals surface area contributed by atoms with Crippen molar-refractivity contribution >= 4 is 21.6 Å². The van der Waals surface area contributed by atoms with Crippen molar-refractivity contribution in [2.45, 2.75) is 20.8 Å². The fourth-order valence-corrected chi connectivity index (χ4v) is 2.65. The highest BCUT2D eigenvalue weighted by Gasteiger charge is 2.22. The molecule has 1 rings (SSSR count). The predicted molar refractivity (Wildman–Crippen MR) is 85.8 cm³/mol. The molecule has 0 atom stereocenters. The maximum absolute atomic E-state index is 11.9. The number of amides is 1. The summed E-state index contributed by atoms with van der Waals surface area (Å²) in [5, 5.41) is 11.5. The van der Waals surface area contributed by atoms with Crippen molar-refractivity contribution in [1.29, 1.82) is 5.26 Å². The third-order valence-corrected chi connectivity index (χ3v) is 4.16. The summed E-state index contributed by atoms with van der Waals surface area (Å²) in [4.78, 5) is 11.8. The number of nitrogens with zero attached hydrogens (tertiary/aromatic N) is 2. The lowest BCUT2D eigenvalue weighted by molar-refractivity contribution is -0.128. The molecular weight excluding hydrogens is 302 g/mol. The monoisotopic (exact) mass is 323 g/mol. The van der Waals surface area contributed by atoms with Crippen LogP contribution >= 0.6 is 0 Å². The minimum Gasteiger partial charge on any atom is -0.354 e. The van der Waals surface area contributed by atoms with Crippen molar-refractivity contribution in [1.82, 2.24) is 5.32 Å². The van der Waals surface area contributed by atoms with Gasteiger partial charge in [0.1, 0.15) is 0 Å². The van der Waals surface area contributed by atoms with E-state index in [4.69, 9.17) is 5.26 Å². The van der Waals surface area contributed by atoms with Crippen LogP contribution < -0.4 is 9.62 Å². The maximum atomic E-state index is 11.9. The molecule has 0 unspecified atom stereocenters. The smallest absolute Gasteiger partial charge is 0.232 e. The quantitative estimate of drug-likeness (QED) is 0.889. The van der Waals surface area contributed by atoms with Crippen molar-refractivity contribution in [3.63, 3.8) is 0 Å². The zero-order chi connectivity index (χ0) is 17.0. The van der Waals surface area contributed by atoms with Crippen LogP contribution in [-0.4, -0.2) is 33.7 Å². The topological polar surface area (TPSA) is 90.3 Å². The molecule has 1 aromatic rings. The van der Waals surface area contributed by atoms with E-state index < -0.39 is 15.4 Å². The van der Waals surface area contributed by atoms with Gasteiger partial charge >= 0.3 is 0 Å². The number of sulfonamides is 1. The number of carbonyl (C=O) groups excluding carboxylic acids is 1. The highest BCUT2D eigenvalue weighted by molar-refractivity contribution is 7.92. The van der Waals surface area contributed by atoms with Crippen LogP contribution in [0, 0.1) is 16.7 Å². The minimum absolute atomic E-state index is 0.132. The first-order valence-electron chi connectivity index (χ1n) is 6.82. The van der Waals surface area contributed by atoms with Crippen molar-refractivity contribution in [3.8, 4) is 6.07 Å². The molecule has 0 aliphatic rings.